The number of benzene rings is 1. The molecule has 0 saturated heterocycles. The quantitative estimate of drug-likeness (QED) is 0.443. The van der Waals surface area contributed by atoms with E-state index in [9.17, 15) is 19.3 Å². The third-order valence-corrected chi connectivity index (χ3v) is 3.20. The zero-order chi connectivity index (χ0) is 19.3. The number of nitrogens with zero attached hydrogens (tertiary/aromatic N) is 3. The molecule has 0 saturated carbocycles. The Balaban J connectivity index is 2.44. The van der Waals surface area contributed by atoms with Crippen LogP contribution in [0.2, 0.25) is 0 Å². The zero-order valence-corrected chi connectivity index (χ0v) is 14.3. The molecule has 2 aromatic rings. The number of hydrogen-bond donors (Lipinski definition) is 0. The monoisotopic (exact) mass is 361 g/mol. The number of ether oxygens (including phenoxy) is 2. The number of carbonyl (C=O) groups is 1. The normalized spacial score (nSPS) is 10.6. The molecule has 2 rings (SSSR count). The molecule has 1 heterocycles. The Hall–Kier alpha value is -3.49. The van der Waals surface area contributed by atoms with Crippen molar-refractivity contribution in [3.05, 3.63) is 63.7 Å². The summed E-state index contributed by atoms with van der Waals surface area (Å²) in [5.74, 6) is -1.48. The number of aromatic nitrogens is 1. The minimum Gasteiger partial charge on any atom is -0.465 e. The maximum atomic E-state index is 13.5. The van der Waals surface area contributed by atoms with Gasteiger partial charge in [-0.2, -0.15) is 0 Å². The number of nitro groups is 1. The summed E-state index contributed by atoms with van der Waals surface area (Å²) in [6.07, 6.45) is 4.16. The number of carbonyl (C=O) groups excluding carboxylic acids is 1. The first kappa shape index (κ1) is 18.8. The molecule has 26 heavy (non-hydrogen) atoms. The second kappa shape index (κ2) is 8.06. The van der Waals surface area contributed by atoms with Crippen molar-refractivity contribution in [2.75, 3.05) is 21.2 Å². The topological polar surface area (TPSA) is 94.8 Å². The fourth-order valence-electron chi connectivity index (χ4n) is 1.99. The number of methoxy groups -OCH3 is 1. The molecule has 0 bridgehead atoms. The summed E-state index contributed by atoms with van der Waals surface area (Å²) >= 11 is 0. The molecule has 0 radical (unpaired) electrons. The summed E-state index contributed by atoms with van der Waals surface area (Å²) in [5, 5.41) is 11.1. The van der Waals surface area contributed by atoms with Crippen LogP contribution < -0.4 is 4.74 Å². The fraction of sp³-hybridized carbons (Fsp3) is 0.176. The van der Waals surface area contributed by atoms with Crippen LogP contribution in [0, 0.1) is 15.9 Å². The first-order valence-corrected chi connectivity index (χ1v) is 7.36. The molecular formula is C17H16FN3O5. The lowest BCUT2D eigenvalue weighted by atomic mass is 10.2. The van der Waals surface area contributed by atoms with Crippen LogP contribution in [0.1, 0.15) is 15.9 Å². The lowest BCUT2D eigenvalue weighted by Crippen LogP contribution is -2.05. The smallest absolute Gasteiger partial charge is 0.341 e. The highest BCUT2D eigenvalue weighted by Crippen LogP contribution is 2.29. The SMILES string of the molecule is COC(=O)c1ccc(F)cc1Oc1cc(C=CN(C)C)c([N+](=O)[O-])cn1. The van der Waals surface area contributed by atoms with Crippen LogP contribution in [0.25, 0.3) is 6.08 Å². The summed E-state index contributed by atoms with van der Waals surface area (Å²) < 4.78 is 23.6. The Morgan fingerprint density at radius 1 is 1.35 bits per heavy atom. The van der Waals surface area contributed by atoms with Gasteiger partial charge in [-0.05, 0) is 24.4 Å². The maximum Gasteiger partial charge on any atom is 0.341 e. The summed E-state index contributed by atoms with van der Waals surface area (Å²) in [6, 6.07) is 4.64. The second-order valence-electron chi connectivity index (χ2n) is 5.35. The third-order valence-electron chi connectivity index (χ3n) is 3.20. The average Bonchev–Trinajstić information content (AvgIpc) is 2.59. The summed E-state index contributed by atoms with van der Waals surface area (Å²) in [4.78, 5) is 27.9. The van der Waals surface area contributed by atoms with E-state index in [1.54, 1.807) is 25.2 Å². The lowest BCUT2D eigenvalue weighted by molar-refractivity contribution is -0.385. The molecular weight excluding hydrogens is 345 g/mol. The van der Waals surface area contributed by atoms with Crippen molar-refractivity contribution in [3.8, 4) is 11.6 Å². The number of rotatable bonds is 6. The van der Waals surface area contributed by atoms with Crippen molar-refractivity contribution in [3.63, 3.8) is 0 Å². The van der Waals surface area contributed by atoms with E-state index in [0.29, 0.717) is 0 Å². The molecule has 0 atom stereocenters. The van der Waals surface area contributed by atoms with Gasteiger partial charge in [-0.3, -0.25) is 10.1 Å². The van der Waals surface area contributed by atoms with Crippen LogP contribution in [0.5, 0.6) is 11.6 Å². The average molecular weight is 361 g/mol. The number of halogens is 1. The van der Waals surface area contributed by atoms with Crippen molar-refractivity contribution in [1.82, 2.24) is 9.88 Å². The highest BCUT2D eigenvalue weighted by atomic mass is 19.1. The van der Waals surface area contributed by atoms with Crippen molar-refractivity contribution in [2.45, 2.75) is 0 Å². The van der Waals surface area contributed by atoms with Gasteiger partial charge in [-0.15, -0.1) is 0 Å². The van der Waals surface area contributed by atoms with Crippen molar-refractivity contribution in [1.29, 1.82) is 0 Å². The van der Waals surface area contributed by atoms with Crippen molar-refractivity contribution >= 4 is 17.7 Å². The molecule has 0 unspecified atom stereocenters. The Bertz CT molecular complexity index is 867. The molecule has 0 aliphatic heterocycles. The third kappa shape index (κ3) is 4.53. The minimum atomic E-state index is -0.713. The van der Waals surface area contributed by atoms with Gasteiger partial charge >= 0.3 is 5.97 Å². The Labute approximate surface area is 148 Å². The van der Waals surface area contributed by atoms with Gasteiger partial charge in [-0.25, -0.2) is 14.2 Å². The number of esters is 1. The standard InChI is InChI=1S/C17H16FN3O5/c1-20(2)7-6-11-8-16(19-10-14(11)21(23)24)26-15-9-12(18)4-5-13(15)17(22)25-3/h4-10H,1-3H3. The molecule has 0 N–H and O–H groups in total. The van der Waals surface area contributed by atoms with Crippen LogP contribution in [0.4, 0.5) is 10.1 Å². The molecule has 0 aliphatic rings. The molecule has 1 aromatic carbocycles. The molecule has 136 valence electrons. The largest absolute Gasteiger partial charge is 0.465 e. The van der Waals surface area contributed by atoms with E-state index in [2.05, 4.69) is 9.72 Å². The Morgan fingerprint density at radius 3 is 2.69 bits per heavy atom. The van der Waals surface area contributed by atoms with E-state index >= 15 is 0 Å². The van der Waals surface area contributed by atoms with Crippen LogP contribution in [-0.4, -0.2) is 42.0 Å². The van der Waals surface area contributed by atoms with E-state index < -0.39 is 16.7 Å². The second-order valence-corrected chi connectivity index (χ2v) is 5.35. The fourth-order valence-corrected chi connectivity index (χ4v) is 1.99. The highest BCUT2D eigenvalue weighted by molar-refractivity contribution is 5.92. The molecule has 9 heteroatoms. The van der Waals surface area contributed by atoms with Crippen LogP contribution in [-0.2, 0) is 4.74 Å². The predicted molar refractivity (Wildman–Crippen MR) is 91.4 cm³/mol. The molecule has 0 spiro atoms. The number of hydrogen-bond acceptors (Lipinski definition) is 7. The molecule has 1 aromatic heterocycles. The molecule has 8 nitrogen and oxygen atoms in total. The van der Waals surface area contributed by atoms with Crippen molar-refractivity contribution in [2.24, 2.45) is 0 Å². The maximum absolute atomic E-state index is 13.5. The predicted octanol–water partition coefficient (Wildman–Crippen LogP) is 3.24. The van der Waals surface area contributed by atoms with Crippen LogP contribution in [0.15, 0.2) is 36.7 Å². The molecule has 0 amide bonds. The Kier molecular flexibility index (Phi) is 5.84. The van der Waals surface area contributed by atoms with Gasteiger partial charge in [-0.1, -0.05) is 0 Å². The van der Waals surface area contributed by atoms with E-state index in [4.69, 9.17) is 4.74 Å². The van der Waals surface area contributed by atoms with Gasteiger partial charge in [0.25, 0.3) is 5.69 Å². The summed E-state index contributed by atoms with van der Waals surface area (Å²) in [5.41, 5.74) is 0.0204. The van der Waals surface area contributed by atoms with Gasteiger partial charge in [0.05, 0.1) is 17.6 Å². The Morgan fingerprint density at radius 2 is 2.08 bits per heavy atom. The van der Waals surface area contributed by atoms with Crippen molar-refractivity contribution < 1.29 is 23.6 Å². The van der Waals surface area contributed by atoms with Crippen LogP contribution in [0.3, 0.4) is 0 Å². The summed E-state index contributed by atoms with van der Waals surface area (Å²) in [6.45, 7) is 0. The molecule has 0 fully saturated rings. The first-order chi connectivity index (χ1) is 12.3. The van der Waals surface area contributed by atoms with Gasteiger partial charge in [0.15, 0.2) is 0 Å². The highest BCUT2D eigenvalue weighted by Gasteiger charge is 2.18. The minimum absolute atomic E-state index is 0.000522. The lowest BCUT2D eigenvalue weighted by Gasteiger charge is -2.10. The molecule has 0 aliphatic carbocycles. The van der Waals surface area contributed by atoms with E-state index in [0.717, 1.165) is 18.3 Å². The first-order valence-electron chi connectivity index (χ1n) is 7.36. The van der Waals surface area contributed by atoms with Gasteiger partial charge in [0, 0.05) is 26.2 Å². The van der Waals surface area contributed by atoms with E-state index in [1.807, 2.05) is 0 Å². The number of pyridine rings is 1. The van der Waals surface area contributed by atoms with Gasteiger partial charge < -0.3 is 14.4 Å². The summed E-state index contributed by atoms with van der Waals surface area (Å²) in [7, 11) is 4.70. The van der Waals surface area contributed by atoms with Crippen LogP contribution >= 0.6 is 0 Å². The van der Waals surface area contributed by atoms with Gasteiger partial charge in [0.1, 0.15) is 23.3 Å². The van der Waals surface area contributed by atoms with E-state index in [-0.39, 0.29) is 28.4 Å². The van der Waals surface area contributed by atoms with Gasteiger partial charge in [0.2, 0.25) is 5.88 Å². The van der Waals surface area contributed by atoms with E-state index in [1.165, 1.54) is 25.3 Å². The zero-order valence-electron chi connectivity index (χ0n) is 14.3.